The molecule has 1 aromatic carbocycles. The third kappa shape index (κ3) is 5.14. The van der Waals surface area contributed by atoms with E-state index in [0.29, 0.717) is 12.6 Å². The van der Waals surface area contributed by atoms with Gasteiger partial charge in [-0.2, -0.15) is 0 Å². The van der Waals surface area contributed by atoms with Crippen LogP contribution >= 0.6 is 0 Å². The number of aliphatic imine (C=N–C) groups is 1. The molecule has 1 aromatic heterocycles. The van der Waals surface area contributed by atoms with E-state index in [1.165, 1.54) is 50.6 Å². The number of hydrogen-bond acceptors (Lipinski definition) is 4. The Bertz CT molecular complexity index is 883. The van der Waals surface area contributed by atoms with Gasteiger partial charge in [-0.1, -0.05) is 50.1 Å². The van der Waals surface area contributed by atoms with E-state index in [-0.39, 0.29) is 5.41 Å². The molecule has 1 unspecified atom stereocenters. The van der Waals surface area contributed by atoms with Crippen LogP contribution in [0.5, 0.6) is 0 Å². The number of aryl methyl sites for hydroxylation is 1. The van der Waals surface area contributed by atoms with Crippen molar-refractivity contribution in [1.29, 1.82) is 0 Å². The van der Waals surface area contributed by atoms with Crippen molar-refractivity contribution in [2.24, 2.45) is 12.0 Å². The SMILES string of the molecule is CCN1CCCC1CNC(=NCc1nnc(C)n1C)NCC1(c2ccccc2)CCCC1. The maximum Gasteiger partial charge on any atom is 0.191 e. The smallest absolute Gasteiger partial charge is 0.191 e. The lowest BCUT2D eigenvalue weighted by Gasteiger charge is -2.31. The Balaban J connectivity index is 1.47. The summed E-state index contributed by atoms with van der Waals surface area (Å²) in [5, 5.41) is 15.8. The number of aromatic nitrogens is 3. The van der Waals surface area contributed by atoms with Gasteiger partial charge in [0.2, 0.25) is 0 Å². The van der Waals surface area contributed by atoms with Crippen LogP contribution in [0.1, 0.15) is 62.7 Å². The molecule has 1 atom stereocenters. The Labute approximate surface area is 192 Å². The normalized spacial score (nSPS) is 21.2. The summed E-state index contributed by atoms with van der Waals surface area (Å²) in [7, 11) is 2.00. The molecule has 1 aliphatic carbocycles. The van der Waals surface area contributed by atoms with Crippen LogP contribution in [-0.4, -0.2) is 57.8 Å². The number of guanidine groups is 1. The van der Waals surface area contributed by atoms with E-state index in [0.717, 1.165) is 37.2 Å². The zero-order chi connectivity index (χ0) is 22.4. The van der Waals surface area contributed by atoms with E-state index in [1.807, 2.05) is 18.5 Å². The Hall–Kier alpha value is -2.41. The zero-order valence-electron chi connectivity index (χ0n) is 20.0. The monoisotopic (exact) mass is 437 g/mol. The molecule has 2 fully saturated rings. The van der Waals surface area contributed by atoms with Gasteiger partial charge >= 0.3 is 0 Å². The van der Waals surface area contributed by atoms with Crippen molar-refractivity contribution in [3.63, 3.8) is 0 Å². The van der Waals surface area contributed by atoms with Gasteiger partial charge in [0, 0.05) is 31.6 Å². The average molecular weight is 438 g/mol. The van der Waals surface area contributed by atoms with E-state index in [2.05, 4.69) is 63.0 Å². The molecule has 2 aromatic rings. The highest BCUT2D eigenvalue weighted by Crippen LogP contribution is 2.40. The highest BCUT2D eigenvalue weighted by Gasteiger charge is 2.35. The Morgan fingerprint density at radius 3 is 2.59 bits per heavy atom. The molecule has 7 heteroatoms. The molecule has 0 bridgehead atoms. The second kappa shape index (κ2) is 10.5. The molecule has 2 aliphatic rings. The number of benzene rings is 1. The summed E-state index contributed by atoms with van der Waals surface area (Å²) < 4.78 is 2.01. The van der Waals surface area contributed by atoms with Crippen molar-refractivity contribution in [2.45, 2.75) is 70.4 Å². The van der Waals surface area contributed by atoms with Gasteiger partial charge < -0.3 is 15.2 Å². The summed E-state index contributed by atoms with van der Waals surface area (Å²) in [4.78, 5) is 7.49. The molecule has 1 aliphatic heterocycles. The summed E-state index contributed by atoms with van der Waals surface area (Å²) in [5.74, 6) is 2.69. The Morgan fingerprint density at radius 1 is 1.12 bits per heavy atom. The number of nitrogens with zero attached hydrogens (tertiary/aromatic N) is 5. The summed E-state index contributed by atoms with van der Waals surface area (Å²) in [6.07, 6.45) is 7.59. The molecule has 1 saturated carbocycles. The molecule has 174 valence electrons. The fraction of sp³-hybridized carbons (Fsp3) is 0.640. The minimum absolute atomic E-state index is 0.188. The van der Waals surface area contributed by atoms with Gasteiger partial charge in [0.05, 0.1) is 0 Å². The zero-order valence-corrected chi connectivity index (χ0v) is 20.0. The van der Waals surface area contributed by atoms with E-state index in [9.17, 15) is 0 Å². The first-order valence-electron chi connectivity index (χ1n) is 12.3. The number of nitrogens with one attached hydrogen (secondary N) is 2. The second-order valence-corrected chi connectivity index (χ2v) is 9.40. The summed E-state index contributed by atoms with van der Waals surface area (Å²) in [6, 6.07) is 11.6. The van der Waals surface area contributed by atoms with Crippen molar-refractivity contribution in [1.82, 2.24) is 30.3 Å². The van der Waals surface area contributed by atoms with Crippen molar-refractivity contribution in [2.75, 3.05) is 26.2 Å². The van der Waals surface area contributed by atoms with Crippen molar-refractivity contribution >= 4 is 5.96 Å². The Morgan fingerprint density at radius 2 is 1.91 bits per heavy atom. The van der Waals surface area contributed by atoms with Gasteiger partial charge in [-0.05, 0) is 51.3 Å². The highest BCUT2D eigenvalue weighted by atomic mass is 15.3. The molecule has 7 nitrogen and oxygen atoms in total. The molecular weight excluding hydrogens is 398 g/mol. The summed E-state index contributed by atoms with van der Waals surface area (Å²) in [5.41, 5.74) is 1.63. The van der Waals surface area contributed by atoms with Crippen molar-refractivity contribution in [3.05, 3.63) is 47.5 Å². The van der Waals surface area contributed by atoms with Gasteiger partial charge in [-0.3, -0.25) is 4.90 Å². The predicted molar refractivity (Wildman–Crippen MR) is 130 cm³/mol. The van der Waals surface area contributed by atoms with Crippen molar-refractivity contribution in [3.8, 4) is 0 Å². The van der Waals surface area contributed by atoms with Crippen LogP contribution in [0, 0.1) is 6.92 Å². The topological polar surface area (TPSA) is 70.4 Å². The standard InChI is InChI=1S/C25H39N7/c1-4-32-16-10-13-22(32)17-26-24(27-18-23-30-29-20(2)31(23)3)28-19-25(14-8-9-15-25)21-11-6-5-7-12-21/h5-7,11-12,22H,4,8-10,13-19H2,1-3H3,(H2,26,27,28). The van der Waals surface area contributed by atoms with Crippen LogP contribution in [0.3, 0.4) is 0 Å². The van der Waals surface area contributed by atoms with Crippen LogP contribution in [0.25, 0.3) is 0 Å². The highest BCUT2D eigenvalue weighted by molar-refractivity contribution is 5.80. The van der Waals surface area contributed by atoms with Gasteiger partial charge in [-0.15, -0.1) is 10.2 Å². The average Bonchev–Trinajstić information content (AvgIpc) is 3.56. The fourth-order valence-electron chi connectivity index (χ4n) is 5.33. The van der Waals surface area contributed by atoms with Crippen LogP contribution in [-0.2, 0) is 19.0 Å². The summed E-state index contributed by atoms with van der Waals surface area (Å²) in [6.45, 7) is 8.90. The summed E-state index contributed by atoms with van der Waals surface area (Å²) >= 11 is 0. The lowest BCUT2D eigenvalue weighted by atomic mass is 9.79. The third-order valence-corrected chi connectivity index (χ3v) is 7.51. The minimum atomic E-state index is 0.188. The number of likely N-dealkylation sites (tertiary alicyclic amines) is 1. The number of likely N-dealkylation sites (N-methyl/N-ethyl adjacent to an activating group) is 1. The third-order valence-electron chi connectivity index (χ3n) is 7.51. The quantitative estimate of drug-likeness (QED) is 0.490. The lowest BCUT2D eigenvalue weighted by molar-refractivity contribution is 0.266. The maximum absolute atomic E-state index is 4.92. The van der Waals surface area contributed by atoms with Crippen LogP contribution in [0.4, 0.5) is 0 Å². The molecule has 4 rings (SSSR count). The minimum Gasteiger partial charge on any atom is -0.356 e. The number of hydrogen-bond donors (Lipinski definition) is 2. The molecule has 2 heterocycles. The fourth-order valence-corrected chi connectivity index (χ4v) is 5.33. The number of rotatable bonds is 8. The molecule has 0 radical (unpaired) electrons. The van der Waals surface area contributed by atoms with Gasteiger partial charge in [0.1, 0.15) is 12.4 Å². The van der Waals surface area contributed by atoms with Gasteiger partial charge in [0.15, 0.2) is 11.8 Å². The first kappa shape index (κ1) is 22.8. The van der Waals surface area contributed by atoms with E-state index < -0.39 is 0 Å². The molecule has 0 spiro atoms. The first-order valence-corrected chi connectivity index (χ1v) is 12.3. The van der Waals surface area contributed by atoms with Crippen LogP contribution < -0.4 is 10.6 Å². The second-order valence-electron chi connectivity index (χ2n) is 9.40. The van der Waals surface area contributed by atoms with Gasteiger partial charge in [-0.25, -0.2) is 4.99 Å². The van der Waals surface area contributed by atoms with Crippen LogP contribution in [0.15, 0.2) is 35.3 Å². The van der Waals surface area contributed by atoms with Gasteiger partial charge in [0.25, 0.3) is 0 Å². The molecule has 32 heavy (non-hydrogen) atoms. The van der Waals surface area contributed by atoms with E-state index in [4.69, 9.17) is 4.99 Å². The molecule has 2 N–H and O–H groups in total. The maximum atomic E-state index is 4.92. The largest absolute Gasteiger partial charge is 0.356 e. The van der Waals surface area contributed by atoms with Crippen LogP contribution in [0.2, 0.25) is 0 Å². The molecular formula is C25H39N7. The lowest BCUT2D eigenvalue weighted by Crippen LogP contribution is -2.48. The molecule has 1 saturated heterocycles. The van der Waals surface area contributed by atoms with E-state index in [1.54, 1.807) is 0 Å². The first-order chi connectivity index (χ1) is 15.6. The van der Waals surface area contributed by atoms with E-state index >= 15 is 0 Å². The predicted octanol–water partition coefficient (Wildman–Crippen LogP) is 3.16. The van der Waals surface area contributed by atoms with Crippen molar-refractivity contribution < 1.29 is 0 Å². The Kier molecular flexibility index (Phi) is 7.45. The molecule has 0 amide bonds.